The molecule has 3 aromatic rings. The summed E-state index contributed by atoms with van der Waals surface area (Å²) in [6.45, 7) is 3.94. The zero-order chi connectivity index (χ0) is 26.1. The SMILES string of the molecule is CC1=CC[C@H]2C(=O)N(c3ccccc3C(=O)Nc3ccc(C(=O)Nc4ccc(C)cc4)cc3)C(=O)[C@H]2C1. The molecule has 0 saturated carbocycles. The fourth-order valence-electron chi connectivity index (χ4n) is 4.88. The molecule has 5 rings (SSSR count). The van der Waals surface area contributed by atoms with Gasteiger partial charge in [-0.3, -0.25) is 19.2 Å². The minimum Gasteiger partial charge on any atom is -0.322 e. The summed E-state index contributed by atoms with van der Waals surface area (Å²) in [7, 11) is 0. The van der Waals surface area contributed by atoms with Crippen LogP contribution in [0.5, 0.6) is 0 Å². The summed E-state index contributed by atoms with van der Waals surface area (Å²) < 4.78 is 0. The second-order valence-electron chi connectivity index (χ2n) is 9.58. The van der Waals surface area contributed by atoms with Gasteiger partial charge in [-0.15, -0.1) is 0 Å². The molecule has 1 aliphatic carbocycles. The molecule has 7 nitrogen and oxygen atoms in total. The zero-order valence-corrected chi connectivity index (χ0v) is 20.7. The van der Waals surface area contributed by atoms with Crippen molar-refractivity contribution in [2.75, 3.05) is 15.5 Å². The number of nitrogens with one attached hydrogen (secondary N) is 2. The lowest BCUT2D eigenvalue weighted by Gasteiger charge is -2.19. The Labute approximate surface area is 215 Å². The van der Waals surface area contributed by atoms with Gasteiger partial charge in [0.2, 0.25) is 11.8 Å². The molecule has 1 saturated heterocycles. The van der Waals surface area contributed by atoms with Crippen LogP contribution in [0.2, 0.25) is 0 Å². The smallest absolute Gasteiger partial charge is 0.257 e. The number of anilines is 3. The Kier molecular flexibility index (Phi) is 6.44. The maximum Gasteiger partial charge on any atom is 0.257 e. The number of rotatable bonds is 5. The number of amides is 4. The van der Waals surface area contributed by atoms with Gasteiger partial charge in [-0.2, -0.15) is 0 Å². The number of para-hydroxylation sites is 1. The molecule has 1 heterocycles. The van der Waals surface area contributed by atoms with Crippen LogP contribution in [0.3, 0.4) is 0 Å². The number of aryl methyl sites for hydroxylation is 1. The highest BCUT2D eigenvalue weighted by molar-refractivity contribution is 6.25. The lowest BCUT2D eigenvalue weighted by atomic mass is 9.82. The number of benzene rings is 3. The van der Waals surface area contributed by atoms with Gasteiger partial charge in [-0.1, -0.05) is 41.5 Å². The summed E-state index contributed by atoms with van der Waals surface area (Å²) in [5, 5.41) is 5.66. The third-order valence-electron chi connectivity index (χ3n) is 6.93. The second kappa shape index (κ2) is 9.85. The first-order chi connectivity index (χ1) is 17.8. The Morgan fingerprint density at radius 1 is 0.757 bits per heavy atom. The quantitative estimate of drug-likeness (QED) is 0.370. The predicted molar refractivity (Wildman–Crippen MR) is 142 cm³/mol. The Morgan fingerprint density at radius 3 is 2.05 bits per heavy atom. The molecule has 37 heavy (non-hydrogen) atoms. The number of fused-ring (bicyclic) bond motifs is 1. The lowest BCUT2D eigenvalue weighted by molar-refractivity contribution is -0.122. The molecule has 2 N–H and O–H groups in total. The van der Waals surface area contributed by atoms with Crippen molar-refractivity contribution in [2.45, 2.75) is 26.7 Å². The van der Waals surface area contributed by atoms with Crippen molar-refractivity contribution in [2.24, 2.45) is 11.8 Å². The first-order valence-corrected chi connectivity index (χ1v) is 12.2. The van der Waals surface area contributed by atoms with E-state index in [0.717, 1.165) is 11.1 Å². The zero-order valence-electron chi connectivity index (χ0n) is 20.7. The van der Waals surface area contributed by atoms with Gasteiger partial charge >= 0.3 is 0 Å². The van der Waals surface area contributed by atoms with Crippen molar-refractivity contribution >= 4 is 40.7 Å². The van der Waals surface area contributed by atoms with Crippen LogP contribution in [0, 0.1) is 18.8 Å². The van der Waals surface area contributed by atoms with E-state index in [9.17, 15) is 19.2 Å². The molecule has 7 heteroatoms. The molecule has 2 atom stereocenters. The molecule has 3 aromatic carbocycles. The largest absolute Gasteiger partial charge is 0.322 e. The van der Waals surface area contributed by atoms with E-state index in [1.165, 1.54) is 4.90 Å². The summed E-state index contributed by atoms with van der Waals surface area (Å²) >= 11 is 0. The average Bonchev–Trinajstić information content (AvgIpc) is 3.14. The van der Waals surface area contributed by atoms with Crippen LogP contribution in [0.25, 0.3) is 0 Å². The van der Waals surface area contributed by atoms with Gasteiger partial charge in [0, 0.05) is 16.9 Å². The summed E-state index contributed by atoms with van der Waals surface area (Å²) in [5.74, 6) is -1.99. The number of nitrogens with zero attached hydrogens (tertiary/aromatic N) is 1. The van der Waals surface area contributed by atoms with E-state index in [-0.39, 0.29) is 40.8 Å². The van der Waals surface area contributed by atoms with Gasteiger partial charge in [0.25, 0.3) is 11.8 Å². The van der Waals surface area contributed by atoms with Crippen LogP contribution in [-0.4, -0.2) is 23.6 Å². The highest BCUT2D eigenvalue weighted by atomic mass is 16.2. The van der Waals surface area contributed by atoms with Gasteiger partial charge in [0.15, 0.2) is 0 Å². The Morgan fingerprint density at radius 2 is 1.35 bits per heavy atom. The highest BCUT2D eigenvalue weighted by Crippen LogP contribution is 2.40. The van der Waals surface area contributed by atoms with Gasteiger partial charge in [0.05, 0.1) is 23.1 Å². The van der Waals surface area contributed by atoms with Crippen LogP contribution in [0.1, 0.15) is 46.0 Å². The van der Waals surface area contributed by atoms with Crippen molar-refractivity contribution in [1.82, 2.24) is 0 Å². The van der Waals surface area contributed by atoms with Crippen molar-refractivity contribution < 1.29 is 19.2 Å². The summed E-state index contributed by atoms with van der Waals surface area (Å²) in [6.07, 6.45) is 3.11. The number of imide groups is 1. The summed E-state index contributed by atoms with van der Waals surface area (Å²) in [4.78, 5) is 53.3. The van der Waals surface area contributed by atoms with Crippen LogP contribution in [0.4, 0.5) is 17.1 Å². The highest BCUT2D eigenvalue weighted by Gasteiger charge is 2.49. The van der Waals surface area contributed by atoms with Crippen LogP contribution < -0.4 is 15.5 Å². The van der Waals surface area contributed by atoms with E-state index in [2.05, 4.69) is 10.6 Å². The number of hydrogen-bond acceptors (Lipinski definition) is 4. The van der Waals surface area contributed by atoms with Gasteiger partial charge < -0.3 is 10.6 Å². The molecule has 0 unspecified atom stereocenters. The molecule has 4 amide bonds. The normalized spacial score (nSPS) is 18.8. The van der Waals surface area contributed by atoms with Crippen LogP contribution >= 0.6 is 0 Å². The molecule has 1 fully saturated rings. The van der Waals surface area contributed by atoms with E-state index in [4.69, 9.17) is 0 Å². The molecule has 0 radical (unpaired) electrons. The van der Waals surface area contributed by atoms with Crippen LogP contribution in [0.15, 0.2) is 84.4 Å². The second-order valence-corrected chi connectivity index (χ2v) is 9.58. The number of hydrogen-bond donors (Lipinski definition) is 2. The van der Waals surface area contributed by atoms with Crippen molar-refractivity contribution in [3.05, 3.63) is 101 Å². The molecular weight excluding hydrogens is 466 g/mol. The summed E-state index contributed by atoms with van der Waals surface area (Å²) in [5.41, 5.74) is 4.35. The predicted octanol–water partition coefficient (Wildman–Crippen LogP) is 5.35. The minimum absolute atomic E-state index is 0.230. The number of carbonyl (C=O) groups is 4. The van der Waals surface area contributed by atoms with Gasteiger partial charge in [-0.25, -0.2) is 4.90 Å². The molecule has 186 valence electrons. The van der Waals surface area contributed by atoms with Crippen LogP contribution in [-0.2, 0) is 9.59 Å². The lowest BCUT2D eigenvalue weighted by Crippen LogP contribution is -2.33. The fraction of sp³-hybridized carbons (Fsp3) is 0.200. The Balaban J connectivity index is 1.31. The third kappa shape index (κ3) is 4.80. The number of allylic oxidation sites excluding steroid dienone is 2. The first-order valence-electron chi connectivity index (χ1n) is 12.2. The number of carbonyl (C=O) groups excluding carboxylic acids is 4. The molecule has 2 aliphatic rings. The van der Waals surface area contributed by atoms with Crippen molar-refractivity contribution in [1.29, 1.82) is 0 Å². The molecule has 0 spiro atoms. The van der Waals surface area contributed by atoms with E-state index < -0.39 is 5.91 Å². The Bertz CT molecular complexity index is 1420. The van der Waals surface area contributed by atoms with Crippen molar-refractivity contribution in [3.63, 3.8) is 0 Å². The monoisotopic (exact) mass is 493 g/mol. The summed E-state index contributed by atoms with van der Waals surface area (Å²) in [6, 6.07) is 20.7. The van der Waals surface area contributed by atoms with E-state index >= 15 is 0 Å². The third-order valence-corrected chi connectivity index (χ3v) is 6.93. The maximum atomic E-state index is 13.2. The standard InChI is InChI=1S/C30H27N3O4/c1-18-7-12-21(13-8-18)31-27(34)20-10-14-22(15-11-20)32-28(35)24-5-3-4-6-26(24)33-29(36)23-16-9-19(2)17-25(23)30(33)37/h3-15,23,25H,16-17H2,1-2H3,(H,31,34)(H,32,35)/t23-,25+/m1/s1. The minimum atomic E-state index is -0.447. The van der Waals surface area contributed by atoms with Gasteiger partial charge in [-0.05, 0) is 75.2 Å². The fourth-order valence-corrected chi connectivity index (χ4v) is 4.88. The molecule has 0 aromatic heterocycles. The Hall–Kier alpha value is -4.52. The topological polar surface area (TPSA) is 95.6 Å². The average molecular weight is 494 g/mol. The van der Waals surface area contributed by atoms with E-state index in [1.54, 1.807) is 48.5 Å². The molecule has 0 bridgehead atoms. The first kappa shape index (κ1) is 24.2. The molecular formula is C30H27N3O4. The van der Waals surface area contributed by atoms with E-state index in [1.807, 2.05) is 44.2 Å². The van der Waals surface area contributed by atoms with Crippen molar-refractivity contribution in [3.8, 4) is 0 Å². The van der Waals surface area contributed by atoms with Gasteiger partial charge in [0.1, 0.15) is 0 Å². The van der Waals surface area contributed by atoms with E-state index in [0.29, 0.717) is 29.8 Å². The molecule has 1 aliphatic heterocycles. The maximum absolute atomic E-state index is 13.2.